The largest absolute Gasteiger partial charge is 0.334 e. The third-order valence-electron chi connectivity index (χ3n) is 5.45. The Kier molecular flexibility index (Phi) is 4.97. The number of hydrogen-bond donors (Lipinski definition) is 1. The van der Waals surface area contributed by atoms with Crippen molar-refractivity contribution in [2.75, 3.05) is 0 Å². The molecule has 0 atom stereocenters. The average Bonchev–Trinajstić information content (AvgIpc) is 3.27. The summed E-state index contributed by atoms with van der Waals surface area (Å²) >= 11 is 0. The molecule has 0 radical (unpaired) electrons. The van der Waals surface area contributed by atoms with Crippen molar-refractivity contribution in [2.45, 2.75) is 69.2 Å². The molecule has 2 saturated carbocycles. The van der Waals surface area contributed by atoms with E-state index < -0.39 is 5.54 Å². The SMILES string of the molecule is Cl.Cn1cc(-c2nc(C3(N)CCCC3)no2)c(C2CCCCC2)n1. The molecule has 0 unspecified atom stereocenters. The highest BCUT2D eigenvalue weighted by atomic mass is 35.5. The van der Waals surface area contributed by atoms with Gasteiger partial charge >= 0.3 is 0 Å². The van der Waals surface area contributed by atoms with Crippen LogP contribution in [0, 0.1) is 0 Å². The molecule has 0 amide bonds. The number of halogens is 1. The van der Waals surface area contributed by atoms with Gasteiger partial charge in [-0.25, -0.2) is 0 Å². The summed E-state index contributed by atoms with van der Waals surface area (Å²) in [6.45, 7) is 0. The standard InChI is InChI=1S/C17H25N5O.ClH/c1-22-11-13(14(20-22)12-7-3-2-4-8-12)15-19-16(21-23-15)17(18)9-5-6-10-17;/h11-12H,2-10,18H2,1H3;1H. The highest BCUT2D eigenvalue weighted by Crippen LogP contribution is 2.38. The summed E-state index contributed by atoms with van der Waals surface area (Å²) in [4.78, 5) is 4.65. The van der Waals surface area contributed by atoms with Crippen LogP contribution in [-0.2, 0) is 12.6 Å². The molecule has 0 aromatic carbocycles. The molecule has 2 aliphatic rings. The summed E-state index contributed by atoms with van der Waals surface area (Å²) < 4.78 is 7.44. The van der Waals surface area contributed by atoms with Crippen molar-refractivity contribution < 1.29 is 4.52 Å². The number of hydrogen-bond acceptors (Lipinski definition) is 5. The molecule has 4 rings (SSSR count). The van der Waals surface area contributed by atoms with Gasteiger partial charge < -0.3 is 10.3 Å². The molecule has 0 spiro atoms. The highest BCUT2D eigenvalue weighted by molar-refractivity contribution is 5.85. The van der Waals surface area contributed by atoms with Crippen LogP contribution < -0.4 is 5.73 Å². The van der Waals surface area contributed by atoms with Crippen molar-refractivity contribution in [3.05, 3.63) is 17.7 Å². The van der Waals surface area contributed by atoms with Gasteiger partial charge in [-0.05, 0) is 25.7 Å². The second-order valence-corrected chi connectivity index (χ2v) is 7.22. The maximum Gasteiger partial charge on any atom is 0.261 e. The first-order valence-electron chi connectivity index (χ1n) is 8.83. The third kappa shape index (κ3) is 3.09. The van der Waals surface area contributed by atoms with E-state index in [0.29, 0.717) is 17.6 Å². The number of nitrogens with two attached hydrogens (primary N) is 1. The second kappa shape index (κ2) is 6.84. The van der Waals surface area contributed by atoms with Gasteiger partial charge in [-0.2, -0.15) is 10.1 Å². The predicted molar refractivity (Wildman–Crippen MR) is 93.9 cm³/mol. The van der Waals surface area contributed by atoms with Gasteiger partial charge in [0.2, 0.25) is 0 Å². The van der Waals surface area contributed by atoms with Crippen LogP contribution >= 0.6 is 12.4 Å². The number of nitrogens with zero attached hydrogens (tertiary/aromatic N) is 4. The highest BCUT2D eigenvalue weighted by Gasteiger charge is 2.36. The van der Waals surface area contributed by atoms with Crippen LogP contribution in [0.1, 0.15) is 75.2 Å². The van der Waals surface area contributed by atoms with Crippen molar-refractivity contribution in [1.82, 2.24) is 19.9 Å². The zero-order valence-electron chi connectivity index (χ0n) is 14.2. The quantitative estimate of drug-likeness (QED) is 0.912. The van der Waals surface area contributed by atoms with E-state index in [-0.39, 0.29) is 12.4 Å². The molecule has 6 nitrogen and oxygen atoms in total. The van der Waals surface area contributed by atoms with Gasteiger partial charge in [-0.15, -0.1) is 12.4 Å². The molecule has 2 aromatic rings. The van der Waals surface area contributed by atoms with Crippen LogP contribution in [0.2, 0.25) is 0 Å². The third-order valence-corrected chi connectivity index (χ3v) is 5.45. The van der Waals surface area contributed by atoms with Gasteiger partial charge in [0.25, 0.3) is 5.89 Å². The van der Waals surface area contributed by atoms with E-state index in [2.05, 4.69) is 10.1 Å². The number of aromatic nitrogens is 4. The Hall–Kier alpha value is -1.40. The smallest absolute Gasteiger partial charge is 0.261 e. The van der Waals surface area contributed by atoms with Crippen molar-refractivity contribution >= 4 is 12.4 Å². The monoisotopic (exact) mass is 351 g/mol. The summed E-state index contributed by atoms with van der Waals surface area (Å²) in [5.41, 5.74) is 8.14. The topological polar surface area (TPSA) is 82.8 Å². The van der Waals surface area contributed by atoms with E-state index in [4.69, 9.17) is 15.4 Å². The lowest BCUT2D eigenvalue weighted by Gasteiger charge is -2.20. The normalized spacial score (nSPS) is 20.9. The molecule has 7 heteroatoms. The zero-order valence-corrected chi connectivity index (χ0v) is 15.0. The number of rotatable bonds is 3. The first-order chi connectivity index (χ1) is 11.2. The Labute approximate surface area is 148 Å². The lowest BCUT2D eigenvalue weighted by molar-refractivity contribution is 0.372. The molecule has 2 heterocycles. The van der Waals surface area contributed by atoms with Crippen molar-refractivity contribution in [3.63, 3.8) is 0 Å². The van der Waals surface area contributed by atoms with Gasteiger partial charge in [0.15, 0.2) is 5.82 Å². The van der Waals surface area contributed by atoms with Crippen LogP contribution in [0.15, 0.2) is 10.7 Å². The van der Waals surface area contributed by atoms with E-state index in [0.717, 1.165) is 36.9 Å². The Morgan fingerprint density at radius 3 is 2.58 bits per heavy atom. The van der Waals surface area contributed by atoms with Crippen molar-refractivity contribution in [1.29, 1.82) is 0 Å². The molecule has 2 aliphatic carbocycles. The molecular weight excluding hydrogens is 326 g/mol. The Morgan fingerprint density at radius 1 is 1.17 bits per heavy atom. The van der Waals surface area contributed by atoms with Gasteiger partial charge in [-0.3, -0.25) is 4.68 Å². The molecule has 2 aromatic heterocycles. The Balaban J connectivity index is 0.00000169. The van der Waals surface area contributed by atoms with Crippen LogP contribution in [-0.4, -0.2) is 19.9 Å². The number of aryl methyl sites for hydroxylation is 1. The molecule has 0 bridgehead atoms. The van der Waals surface area contributed by atoms with Gasteiger partial charge in [0.05, 0.1) is 16.8 Å². The summed E-state index contributed by atoms with van der Waals surface area (Å²) in [5, 5.41) is 8.89. The maximum atomic E-state index is 6.45. The van der Waals surface area contributed by atoms with Crippen molar-refractivity contribution in [3.8, 4) is 11.5 Å². The predicted octanol–water partition coefficient (Wildman–Crippen LogP) is 3.67. The van der Waals surface area contributed by atoms with Crippen LogP contribution in [0.5, 0.6) is 0 Å². The minimum absolute atomic E-state index is 0. The minimum atomic E-state index is -0.408. The summed E-state index contributed by atoms with van der Waals surface area (Å²) in [7, 11) is 1.95. The Morgan fingerprint density at radius 2 is 1.88 bits per heavy atom. The fraction of sp³-hybridized carbons (Fsp3) is 0.706. The molecule has 0 saturated heterocycles. The first kappa shape index (κ1) is 17.4. The molecule has 24 heavy (non-hydrogen) atoms. The van der Waals surface area contributed by atoms with E-state index in [1.807, 2.05) is 17.9 Å². The van der Waals surface area contributed by atoms with Crippen LogP contribution in [0.25, 0.3) is 11.5 Å². The summed E-state index contributed by atoms with van der Waals surface area (Å²) in [6, 6.07) is 0. The first-order valence-corrected chi connectivity index (χ1v) is 8.83. The maximum absolute atomic E-state index is 6.45. The Bertz CT molecular complexity index is 683. The van der Waals surface area contributed by atoms with Gasteiger partial charge in [0, 0.05) is 19.2 Å². The fourth-order valence-corrected chi connectivity index (χ4v) is 4.11. The second-order valence-electron chi connectivity index (χ2n) is 7.22. The van der Waals surface area contributed by atoms with E-state index in [9.17, 15) is 0 Å². The van der Waals surface area contributed by atoms with Crippen LogP contribution in [0.3, 0.4) is 0 Å². The van der Waals surface area contributed by atoms with Crippen LogP contribution in [0.4, 0.5) is 0 Å². The van der Waals surface area contributed by atoms with E-state index >= 15 is 0 Å². The molecule has 2 N–H and O–H groups in total. The lowest BCUT2D eigenvalue weighted by atomic mass is 9.85. The summed E-state index contributed by atoms with van der Waals surface area (Å²) in [6.07, 6.45) is 12.4. The van der Waals surface area contributed by atoms with E-state index in [1.165, 1.54) is 32.1 Å². The minimum Gasteiger partial charge on any atom is -0.334 e. The van der Waals surface area contributed by atoms with Gasteiger partial charge in [-0.1, -0.05) is 37.3 Å². The average molecular weight is 352 g/mol. The summed E-state index contributed by atoms with van der Waals surface area (Å²) in [5.74, 6) is 1.74. The van der Waals surface area contributed by atoms with E-state index in [1.54, 1.807) is 0 Å². The molecule has 2 fully saturated rings. The molecular formula is C17H26ClN5O. The molecule has 0 aliphatic heterocycles. The van der Waals surface area contributed by atoms with Gasteiger partial charge in [0.1, 0.15) is 0 Å². The van der Waals surface area contributed by atoms with Crippen molar-refractivity contribution in [2.24, 2.45) is 12.8 Å². The lowest BCUT2D eigenvalue weighted by Crippen LogP contribution is -2.34. The zero-order chi connectivity index (χ0) is 15.9. The fourth-order valence-electron chi connectivity index (χ4n) is 4.11. The molecule has 132 valence electrons.